The van der Waals surface area contributed by atoms with Crippen molar-refractivity contribution in [2.45, 2.75) is 0 Å². The normalized spacial score (nSPS) is 11.2. The van der Waals surface area contributed by atoms with Crippen LogP contribution in [0.25, 0.3) is 22.4 Å². The molecule has 0 bridgehead atoms. The van der Waals surface area contributed by atoms with Crippen molar-refractivity contribution in [3.8, 4) is 0 Å². The monoisotopic (exact) mass is 281 g/mol. The number of aromatic carboxylic acids is 1. The van der Waals surface area contributed by atoms with Crippen LogP contribution in [0.5, 0.6) is 0 Å². The van der Waals surface area contributed by atoms with Crippen LogP contribution in [0.4, 0.5) is 0 Å². The summed E-state index contributed by atoms with van der Waals surface area (Å²) in [7, 11) is 0. The molecule has 1 N–H and O–H groups in total. The summed E-state index contributed by atoms with van der Waals surface area (Å²) in [5.74, 6) is -0.922. The molecule has 0 fully saturated rings. The Bertz CT molecular complexity index is 772. The van der Waals surface area contributed by atoms with Crippen molar-refractivity contribution in [3.63, 3.8) is 0 Å². The third kappa shape index (κ3) is 2.46. The minimum atomic E-state index is -0.922. The Labute approximate surface area is 119 Å². The van der Waals surface area contributed by atoms with E-state index in [2.05, 4.69) is 4.98 Å². The van der Waals surface area contributed by atoms with Gasteiger partial charge in [-0.05, 0) is 29.8 Å². The van der Waals surface area contributed by atoms with Crippen molar-refractivity contribution >= 4 is 39.7 Å². The molecule has 0 aliphatic rings. The van der Waals surface area contributed by atoms with E-state index in [0.717, 1.165) is 15.2 Å². The van der Waals surface area contributed by atoms with Crippen LogP contribution >= 0.6 is 11.3 Å². The van der Waals surface area contributed by atoms with Crippen LogP contribution in [0.1, 0.15) is 20.9 Å². The molecule has 4 heteroatoms. The molecule has 0 spiro atoms. The molecule has 0 radical (unpaired) electrons. The fraction of sp³-hybridized carbons (Fsp3) is 0. The van der Waals surface area contributed by atoms with E-state index in [0.29, 0.717) is 11.1 Å². The highest BCUT2D eigenvalue weighted by molar-refractivity contribution is 7.19. The van der Waals surface area contributed by atoms with E-state index in [-0.39, 0.29) is 0 Å². The van der Waals surface area contributed by atoms with Gasteiger partial charge in [0.1, 0.15) is 5.01 Å². The van der Waals surface area contributed by atoms with Crippen molar-refractivity contribution < 1.29 is 9.90 Å². The maximum Gasteiger partial charge on any atom is 0.336 e. The molecule has 0 unspecified atom stereocenters. The van der Waals surface area contributed by atoms with E-state index in [1.807, 2.05) is 36.4 Å². The Hall–Kier alpha value is -2.46. The molecule has 0 aliphatic carbocycles. The second-order valence-corrected chi connectivity index (χ2v) is 5.31. The molecule has 0 amide bonds. The van der Waals surface area contributed by atoms with Crippen molar-refractivity contribution in [2.24, 2.45) is 0 Å². The number of rotatable bonds is 3. The summed E-state index contributed by atoms with van der Waals surface area (Å²) in [4.78, 5) is 15.6. The molecule has 3 rings (SSSR count). The van der Waals surface area contributed by atoms with Gasteiger partial charge in [-0.15, -0.1) is 11.3 Å². The molecule has 98 valence electrons. The number of para-hydroxylation sites is 1. The first-order valence-electron chi connectivity index (χ1n) is 6.10. The Morgan fingerprint density at radius 3 is 2.60 bits per heavy atom. The average molecular weight is 281 g/mol. The highest BCUT2D eigenvalue weighted by atomic mass is 32.1. The lowest BCUT2D eigenvalue weighted by molar-refractivity contribution is 0.0696. The number of fused-ring (bicyclic) bond motifs is 1. The lowest BCUT2D eigenvalue weighted by Crippen LogP contribution is -1.98. The molecule has 3 nitrogen and oxygen atoms in total. The van der Waals surface area contributed by atoms with Crippen molar-refractivity contribution in [1.82, 2.24) is 4.98 Å². The molecule has 2 aromatic carbocycles. The molecule has 1 heterocycles. The zero-order chi connectivity index (χ0) is 13.9. The zero-order valence-electron chi connectivity index (χ0n) is 10.5. The number of carboxylic acids is 1. The van der Waals surface area contributed by atoms with Crippen LogP contribution in [-0.4, -0.2) is 16.1 Å². The van der Waals surface area contributed by atoms with Gasteiger partial charge in [-0.25, -0.2) is 9.78 Å². The van der Waals surface area contributed by atoms with Gasteiger partial charge in [0.2, 0.25) is 0 Å². The minimum absolute atomic E-state index is 0.296. The Kier molecular flexibility index (Phi) is 3.31. The standard InChI is InChI=1S/C16H11NO2S/c18-16(19)12-6-2-1-5-11(12)9-10-15-17-13-7-3-4-8-14(13)20-15/h1-10H,(H,18,19). The van der Waals surface area contributed by atoms with Gasteiger partial charge < -0.3 is 5.11 Å². The molecule has 0 aliphatic heterocycles. The van der Waals surface area contributed by atoms with Gasteiger partial charge in [0.15, 0.2) is 0 Å². The smallest absolute Gasteiger partial charge is 0.336 e. The number of carbonyl (C=O) groups is 1. The van der Waals surface area contributed by atoms with Gasteiger partial charge in [0.25, 0.3) is 0 Å². The van der Waals surface area contributed by atoms with Gasteiger partial charge >= 0.3 is 5.97 Å². The average Bonchev–Trinajstić information content (AvgIpc) is 2.88. The summed E-state index contributed by atoms with van der Waals surface area (Å²) in [5, 5.41) is 10.00. The summed E-state index contributed by atoms with van der Waals surface area (Å²) < 4.78 is 1.12. The van der Waals surface area contributed by atoms with E-state index in [4.69, 9.17) is 5.11 Å². The van der Waals surface area contributed by atoms with Crippen LogP contribution in [0.15, 0.2) is 48.5 Å². The second kappa shape index (κ2) is 5.27. The summed E-state index contributed by atoms with van der Waals surface area (Å²) in [6.07, 6.45) is 3.65. The highest BCUT2D eigenvalue weighted by Crippen LogP contribution is 2.23. The summed E-state index contributed by atoms with van der Waals surface area (Å²) in [6, 6.07) is 14.9. The van der Waals surface area contributed by atoms with Gasteiger partial charge in [-0.2, -0.15) is 0 Å². The summed E-state index contributed by atoms with van der Waals surface area (Å²) in [6.45, 7) is 0. The van der Waals surface area contributed by atoms with Crippen LogP contribution in [0, 0.1) is 0 Å². The van der Waals surface area contributed by atoms with Crippen LogP contribution in [0.3, 0.4) is 0 Å². The lowest BCUT2D eigenvalue weighted by atomic mass is 10.1. The number of benzene rings is 2. The fourth-order valence-electron chi connectivity index (χ4n) is 1.96. The molecule has 0 saturated heterocycles. The van der Waals surface area contributed by atoms with Gasteiger partial charge in [-0.3, -0.25) is 0 Å². The lowest BCUT2D eigenvalue weighted by Gasteiger charge is -1.98. The maximum absolute atomic E-state index is 11.1. The molecule has 0 saturated carbocycles. The van der Waals surface area contributed by atoms with Crippen LogP contribution in [0.2, 0.25) is 0 Å². The van der Waals surface area contributed by atoms with E-state index < -0.39 is 5.97 Å². The topological polar surface area (TPSA) is 50.2 Å². The Balaban J connectivity index is 1.96. The molecule has 3 aromatic rings. The van der Waals surface area contributed by atoms with Crippen LogP contribution < -0.4 is 0 Å². The molecule has 0 atom stereocenters. The maximum atomic E-state index is 11.1. The number of hydrogen-bond acceptors (Lipinski definition) is 3. The van der Waals surface area contributed by atoms with Gasteiger partial charge in [0, 0.05) is 0 Å². The number of aromatic nitrogens is 1. The largest absolute Gasteiger partial charge is 0.478 e. The highest BCUT2D eigenvalue weighted by Gasteiger charge is 2.06. The van der Waals surface area contributed by atoms with Gasteiger partial charge in [-0.1, -0.05) is 36.4 Å². The summed E-state index contributed by atoms with van der Waals surface area (Å²) >= 11 is 1.59. The molecule has 1 aromatic heterocycles. The summed E-state index contributed by atoms with van der Waals surface area (Å²) in [5.41, 5.74) is 1.94. The fourth-order valence-corrected chi connectivity index (χ4v) is 2.83. The first kappa shape index (κ1) is 12.6. The molecule has 20 heavy (non-hydrogen) atoms. The minimum Gasteiger partial charge on any atom is -0.478 e. The first-order chi connectivity index (χ1) is 9.74. The molecular weight excluding hydrogens is 270 g/mol. The van der Waals surface area contributed by atoms with Gasteiger partial charge in [0.05, 0.1) is 15.8 Å². The Morgan fingerprint density at radius 2 is 1.80 bits per heavy atom. The van der Waals surface area contributed by atoms with Crippen LogP contribution in [-0.2, 0) is 0 Å². The quantitative estimate of drug-likeness (QED) is 0.784. The predicted molar refractivity (Wildman–Crippen MR) is 81.9 cm³/mol. The third-order valence-electron chi connectivity index (χ3n) is 2.91. The SMILES string of the molecule is O=C(O)c1ccccc1C=Cc1nc2ccccc2s1. The number of nitrogens with zero attached hydrogens (tertiary/aromatic N) is 1. The molecular formula is C16H11NO2S. The Morgan fingerprint density at radius 1 is 1.05 bits per heavy atom. The van der Waals surface area contributed by atoms with E-state index >= 15 is 0 Å². The van der Waals surface area contributed by atoms with Crippen molar-refractivity contribution in [3.05, 3.63) is 64.7 Å². The van der Waals surface area contributed by atoms with E-state index in [9.17, 15) is 4.79 Å². The zero-order valence-corrected chi connectivity index (χ0v) is 11.3. The third-order valence-corrected chi connectivity index (χ3v) is 3.91. The number of carboxylic acid groups (broad SMARTS) is 1. The van der Waals surface area contributed by atoms with E-state index in [1.165, 1.54) is 0 Å². The second-order valence-electron chi connectivity index (χ2n) is 4.25. The van der Waals surface area contributed by atoms with E-state index in [1.54, 1.807) is 35.6 Å². The predicted octanol–water partition coefficient (Wildman–Crippen LogP) is 4.16. The van der Waals surface area contributed by atoms with Crippen molar-refractivity contribution in [2.75, 3.05) is 0 Å². The first-order valence-corrected chi connectivity index (χ1v) is 6.92. The van der Waals surface area contributed by atoms with Crippen molar-refractivity contribution in [1.29, 1.82) is 0 Å². The number of hydrogen-bond donors (Lipinski definition) is 1. The number of thiazole rings is 1.